The fourth-order valence-electron chi connectivity index (χ4n) is 4.51. The number of thiocarbonyl (C=S) groups is 1. The van der Waals surface area contributed by atoms with Gasteiger partial charge < -0.3 is 24.6 Å². The van der Waals surface area contributed by atoms with Gasteiger partial charge in [-0.05, 0) is 30.4 Å². The molecule has 2 saturated heterocycles. The maximum Gasteiger partial charge on any atom is 0.272 e. The molecule has 7 nitrogen and oxygen atoms in total. The molecule has 0 aromatic heterocycles. The summed E-state index contributed by atoms with van der Waals surface area (Å²) in [6, 6.07) is 15.3. The number of benzene rings is 2. The van der Waals surface area contributed by atoms with Crippen LogP contribution in [0.15, 0.2) is 53.5 Å². The Bertz CT molecular complexity index is 1090. The van der Waals surface area contributed by atoms with Gasteiger partial charge in [-0.2, -0.15) is 0 Å². The third-order valence-electron chi connectivity index (χ3n) is 6.33. The van der Waals surface area contributed by atoms with E-state index in [1.165, 1.54) is 0 Å². The van der Waals surface area contributed by atoms with Crippen molar-refractivity contribution in [3.05, 3.63) is 64.7 Å². The summed E-state index contributed by atoms with van der Waals surface area (Å²) in [4.78, 5) is 21.9. The fraction of sp³-hybridized carbons (Fsp3) is 0.375. The Hall–Kier alpha value is -2.52. The highest BCUT2D eigenvalue weighted by atomic mass is 35.5. The van der Waals surface area contributed by atoms with Gasteiger partial charge in [-0.15, -0.1) is 0 Å². The van der Waals surface area contributed by atoms with Gasteiger partial charge in [-0.25, -0.2) is 4.99 Å². The molecule has 2 aromatic carbocycles. The zero-order valence-corrected chi connectivity index (χ0v) is 19.9. The van der Waals surface area contributed by atoms with E-state index in [4.69, 9.17) is 38.3 Å². The Labute approximate surface area is 203 Å². The van der Waals surface area contributed by atoms with Crippen LogP contribution in [-0.4, -0.2) is 66.9 Å². The first-order chi connectivity index (χ1) is 16.0. The first-order valence-electron chi connectivity index (χ1n) is 11.0. The number of amides is 1. The van der Waals surface area contributed by atoms with Crippen molar-refractivity contribution < 1.29 is 14.3 Å². The predicted octanol–water partition coefficient (Wildman–Crippen LogP) is 3.19. The summed E-state index contributed by atoms with van der Waals surface area (Å²) in [7, 11) is 1.75. The van der Waals surface area contributed by atoms with Gasteiger partial charge in [0.05, 0.1) is 24.6 Å². The highest BCUT2D eigenvalue weighted by Gasteiger charge is 2.41. The lowest BCUT2D eigenvalue weighted by molar-refractivity contribution is -0.180. The first-order valence-corrected chi connectivity index (χ1v) is 11.8. The number of anilines is 1. The second kappa shape index (κ2) is 9.02. The molecule has 0 aliphatic carbocycles. The van der Waals surface area contributed by atoms with Crippen molar-refractivity contribution in [3.63, 3.8) is 0 Å². The summed E-state index contributed by atoms with van der Waals surface area (Å²) < 4.78 is 11.6. The van der Waals surface area contributed by atoms with Gasteiger partial charge in [0, 0.05) is 49.1 Å². The molecule has 1 amide bonds. The van der Waals surface area contributed by atoms with Crippen LogP contribution in [0.1, 0.15) is 24.0 Å². The van der Waals surface area contributed by atoms with Gasteiger partial charge in [0.2, 0.25) is 6.17 Å². The average molecular weight is 485 g/mol. The van der Waals surface area contributed by atoms with Crippen molar-refractivity contribution in [3.8, 4) is 0 Å². The molecule has 3 aliphatic heterocycles. The quantitative estimate of drug-likeness (QED) is 0.660. The number of fused-ring (bicyclic) bond motifs is 1. The van der Waals surface area contributed by atoms with E-state index in [-0.39, 0.29) is 5.91 Å². The second-order valence-electron chi connectivity index (χ2n) is 8.35. The number of likely N-dealkylation sites (N-methyl/N-ethyl adjacent to an activating group) is 1. The van der Waals surface area contributed by atoms with E-state index in [0.717, 1.165) is 29.7 Å². The molecule has 0 unspecified atom stereocenters. The molecule has 9 heteroatoms. The number of benzodiazepines with no additional fused rings is 1. The predicted molar refractivity (Wildman–Crippen MR) is 132 cm³/mol. The van der Waals surface area contributed by atoms with E-state index in [9.17, 15) is 4.79 Å². The lowest BCUT2D eigenvalue weighted by atomic mass is 10.0. The summed E-state index contributed by atoms with van der Waals surface area (Å²) >= 11 is 12.0. The molecule has 2 fully saturated rings. The zero-order valence-electron chi connectivity index (χ0n) is 18.3. The molecular formula is C24H25ClN4O3S. The Morgan fingerprint density at radius 3 is 2.55 bits per heavy atom. The van der Waals surface area contributed by atoms with E-state index in [1.54, 1.807) is 18.0 Å². The Balaban J connectivity index is 1.43. The van der Waals surface area contributed by atoms with Gasteiger partial charge >= 0.3 is 0 Å². The second-order valence-corrected chi connectivity index (χ2v) is 9.17. The van der Waals surface area contributed by atoms with Crippen molar-refractivity contribution in [2.45, 2.75) is 24.8 Å². The van der Waals surface area contributed by atoms with E-state index < -0.39 is 12.0 Å². The molecule has 0 bridgehead atoms. The molecule has 33 heavy (non-hydrogen) atoms. The lowest BCUT2D eigenvalue weighted by Gasteiger charge is -2.39. The molecular weight excluding hydrogens is 460 g/mol. The minimum Gasteiger partial charge on any atom is -0.349 e. The van der Waals surface area contributed by atoms with Gasteiger partial charge in [0.15, 0.2) is 10.9 Å². The van der Waals surface area contributed by atoms with Crippen LogP contribution in [-0.2, 0) is 14.3 Å². The molecule has 1 atom stereocenters. The maximum atomic E-state index is 13.4. The van der Waals surface area contributed by atoms with Crippen LogP contribution in [0.4, 0.5) is 5.69 Å². The monoisotopic (exact) mass is 484 g/mol. The number of likely N-dealkylation sites (tertiary alicyclic amines) is 1. The average Bonchev–Trinajstić information content (AvgIpc) is 3.25. The van der Waals surface area contributed by atoms with Crippen LogP contribution < -0.4 is 10.2 Å². The van der Waals surface area contributed by atoms with Crippen molar-refractivity contribution in [2.75, 3.05) is 38.3 Å². The molecule has 3 heterocycles. The van der Waals surface area contributed by atoms with Crippen LogP contribution in [0.5, 0.6) is 0 Å². The zero-order chi connectivity index (χ0) is 23.0. The molecule has 2 aromatic rings. The molecule has 1 spiro atoms. The summed E-state index contributed by atoms with van der Waals surface area (Å²) in [5, 5.41) is 4.28. The number of hydrogen-bond acceptors (Lipinski definition) is 5. The number of rotatable bonds is 2. The number of carbonyl (C=O) groups excluding carboxylic acids is 1. The molecule has 3 aliphatic rings. The molecule has 0 radical (unpaired) electrons. The molecule has 1 N–H and O–H groups in total. The van der Waals surface area contributed by atoms with Crippen molar-refractivity contribution in [2.24, 2.45) is 4.99 Å². The van der Waals surface area contributed by atoms with E-state index in [2.05, 4.69) is 5.32 Å². The Kier molecular flexibility index (Phi) is 6.09. The number of nitrogens with one attached hydrogen (secondary N) is 1. The van der Waals surface area contributed by atoms with Crippen molar-refractivity contribution in [1.29, 1.82) is 0 Å². The third kappa shape index (κ3) is 4.36. The Morgan fingerprint density at radius 2 is 1.85 bits per heavy atom. The summed E-state index contributed by atoms with van der Waals surface area (Å²) in [5.74, 6) is -0.674. The number of halogens is 1. The largest absolute Gasteiger partial charge is 0.349 e. The van der Waals surface area contributed by atoms with Crippen LogP contribution >= 0.6 is 23.8 Å². The lowest BCUT2D eigenvalue weighted by Crippen LogP contribution is -2.54. The smallest absolute Gasteiger partial charge is 0.272 e. The highest BCUT2D eigenvalue weighted by molar-refractivity contribution is 7.80. The topological polar surface area (TPSA) is 66.4 Å². The first kappa shape index (κ1) is 22.3. The number of hydrogen-bond donors (Lipinski definition) is 1. The number of ether oxygens (including phenoxy) is 2. The van der Waals surface area contributed by atoms with E-state index in [0.29, 0.717) is 42.2 Å². The normalized spacial score (nSPS) is 22.1. The fourth-order valence-corrected chi connectivity index (χ4v) is 4.98. The van der Waals surface area contributed by atoms with Gasteiger partial charge in [-0.1, -0.05) is 41.9 Å². The van der Waals surface area contributed by atoms with Gasteiger partial charge in [0.1, 0.15) is 0 Å². The van der Waals surface area contributed by atoms with E-state index >= 15 is 0 Å². The van der Waals surface area contributed by atoms with Gasteiger partial charge in [-0.3, -0.25) is 4.79 Å². The molecule has 5 rings (SSSR count). The standard InChI is InChI=1S/C24H25ClN4O3S/c1-28-19-8-7-17(25)15-18(19)20(16-5-3-2-4-6-16)26-21(22(28)30)27-23(33)29-11-9-24(10-12-29)31-13-14-32-24/h2-8,15,21H,9-14H2,1H3,(H,27,33)/t21-/m1/s1. The van der Waals surface area contributed by atoms with Crippen LogP contribution in [0, 0.1) is 0 Å². The van der Waals surface area contributed by atoms with Crippen molar-refractivity contribution >= 4 is 46.2 Å². The third-order valence-corrected chi connectivity index (χ3v) is 6.94. The number of carbonyl (C=O) groups is 1. The SMILES string of the molecule is CN1C(=O)[C@@H](NC(=S)N2CCC3(CC2)OCCO3)N=C(c2ccccc2)c2cc(Cl)ccc21. The van der Waals surface area contributed by atoms with Gasteiger partial charge in [0.25, 0.3) is 5.91 Å². The number of piperidine rings is 1. The minimum atomic E-state index is -0.862. The van der Waals surface area contributed by atoms with Crippen molar-refractivity contribution in [1.82, 2.24) is 10.2 Å². The highest BCUT2D eigenvalue weighted by Crippen LogP contribution is 2.32. The minimum absolute atomic E-state index is 0.192. The molecule has 0 saturated carbocycles. The molecule has 172 valence electrons. The van der Waals surface area contributed by atoms with Crippen LogP contribution in [0.2, 0.25) is 5.02 Å². The van der Waals surface area contributed by atoms with E-state index in [1.807, 2.05) is 47.4 Å². The summed E-state index contributed by atoms with van der Waals surface area (Å²) in [6.07, 6.45) is 0.602. The van der Waals surface area contributed by atoms with Crippen LogP contribution in [0.25, 0.3) is 0 Å². The Morgan fingerprint density at radius 1 is 1.15 bits per heavy atom. The summed E-state index contributed by atoms with van der Waals surface area (Å²) in [5.41, 5.74) is 3.14. The maximum absolute atomic E-state index is 13.4. The number of aliphatic imine (C=N–C) groups is 1. The number of nitrogens with zero attached hydrogens (tertiary/aromatic N) is 3. The van der Waals surface area contributed by atoms with Crippen LogP contribution in [0.3, 0.4) is 0 Å². The summed E-state index contributed by atoms with van der Waals surface area (Å²) in [6.45, 7) is 2.64.